The van der Waals surface area contributed by atoms with E-state index in [-0.39, 0.29) is 107 Å². The Balaban J connectivity index is 0.000000446. The number of hydrogen-bond acceptors (Lipinski definition) is 28. The first-order chi connectivity index (χ1) is 53.2. The Morgan fingerprint density at radius 3 is 1.20 bits per heavy atom. The molecule has 8 aliphatic rings. The third-order valence-corrected chi connectivity index (χ3v) is 25.7. The third kappa shape index (κ3) is 29.8. The summed E-state index contributed by atoms with van der Waals surface area (Å²) in [4.78, 5) is 11.3. The van der Waals surface area contributed by atoms with Crippen LogP contribution in [-0.4, -0.2) is 290 Å². The minimum absolute atomic E-state index is 0.00931. The van der Waals surface area contributed by atoms with Gasteiger partial charge in [-0.3, -0.25) is 4.79 Å². The standard InChI is InChI=1S/C15H22O3.C13H27NO3S.C12H23NO3S.C10H18F3NO3S.C8H16O3.C8H14O3.C6H12O5.C5H10O5/c1-4-13-11(2)14(15(16-3)18-13)17-10-12-8-6-5-7-9-12;1-8-10-9(2)13(6,11(16-7)17-10)14-18(15)12(3,4)5;1-7-9-8(2)10(11(15-6)16-9)13-17(14)12(3,4)5;1-5-7-6(2)9(3,8(16-4)17-7)14-18(15)10(11,12)13;2*1-4-6-5(2)7(9)8(10-3)11-6;1-10-6-5(9)4(8)3(2-7)11-6;6-1-2-3(7)4(8)5(9)10-2/h5-9,11,13-15H,4,10H2,1-3H3;9-11,14H,8H2,1-7H3;8-9,11H,7H2,1-6H3;6-8,14H,5H2,1-4H3;5-9H,4H2,1-3H3;5-6,8H,4H2,1-3H3;3-9H,2H2,1H3;2-9H,1H2/t11-,13-,14-,15+;9-,10-,11+,13-,18?;8-,9-,11+,17?;6-,7-,8+,9-,18?;5-,6-,7-,8+;5-,6-,8+;3-,4-,5-,6+;2-,3-,4-,5?/m11111111/s1. The van der Waals surface area contributed by atoms with Gasteiger partial charge in [-0.05, 0) is 99.5 Å². The predicted molar refractivity (Wildman–Crippen MR) is 422 cm³/mol. The normalized spacial score (nSPS) is 38.9. The van der Waals surface area contributed by atoms with Gasteiger partial charge < -0.3 is 117 Å². The van der Waals surface area contributed by atoms with E-state index in [0.717, 1.165) is 37.8 Å². The van der Waals surface area contributed by atoms with Crippen molar-refractivity contribution in [1.29, 1.82) is 0 Å². The summed E-state index contributed by atoms with van der Waals surface area (Å²) < 4.78 is 166. The number of nitrogens with zero attached hydrogens (tertiary/aromatic N) is 1. The van der Waals surface area contributed by atoms with Crippen LogP contribution in [0.5, 0.6) is 0 Å². The van der Waals surface area contributed by atoms with Crippen LogP contribution in [0.25, 0.3) is 0 Å². The molecule has 0 saturated carbocycles. The van der Waals surface area contributed by atoms with Crippen molar-refractivity contribution in [3.8, 4) is 0 Å². The fraction of sp³-hybridized carbons (Fsp3) is 0.896. The number of aliphatic hydroxyl groups excluding tert-OH is 8. The highest BCUT2D eigenvalue weighted by molar-refractivity contribution is 7.85. The van der Waals surface area contributed by atoms with Gasteiger partial charge in [-0.25, -0.2) is 22.1 Å². The van der Waals surface area contributed by atoms with Gasteiger partial charge in [0, 0.05) is 85.3 Å². The van der Waals surface area contributed by atoms with Crippen molar-refractivity contribution in [3.63, 3.8) is 0 Å². The molecular formula is C77H142F3N3O28S3. The molecule has 37 heteroatoms. The lowest BCUT2D eigenvalue weighted by Gasteiger charge is -2.35. The van der Waals surface area contributed by atoms with Crippen molar-refractivity contribution in [3.05, 3.63) is 35.9 Å². The molecule has 31 nitrogen and oxygen atoms in total. The van der Waals surface area contributed by atoms with Crippen molar-refractivity contribution >= 4 is 44.5 Å². The number of benzene rings is 1. The van der Waals surface area contributed by atoms with Crippen LogP contribution >= 0.6 is 0 Å². The number of nitrogens with one attached hydrogen (secondary N) is 2. The highest BCUT2D eigenvalue weighted by Gasteiger charge is 2.56. The second-order valence-corrected chi connectivity index (χ2v) is 36.5. The first-order valence-corrected chi connectivity index (χ1v) is 42.5. The first kappa shape index (κ1) is 108. The van der Waals surface area contributed by atoms with Gasteiger partial charge in [-0.15, -0.1) is 0 Å². The van der Waals surface area contributed by atoms with Gasteiger partial charge >= 0.3 is 5.51 Å². The lowest BCUT2D eigenvalue weighted by molar-refractivity contribution is -0.164. The molecular weight excluding hydrogens is 1570 g/mol. The third-order valence-electron chi connectivity index (χ3n) is 21.5. The van der Waals surface area contributed by atoms with E-state index < -0.39 is 137 Å². The van der Waals surface area contributed by atoms with Crippen LogP contribution < -0.4 is 9.44 Å². The number of carbonyl (C=O) groups is 1. The molecule has 1 aromatic rings. The molecule has 0 amide bonds. The topological polar surface area (TPSA) is 414 Å². The Kier molecular flexibility index (Phi) is 47.6. The summed E-state index contributed by atoms with van der Waals surface area (Å²) in [6, 6.07) is 10.2. The first-order valence-electron chi connectivity index (χ1n) is 39.1. The number of halogens is 3. The van der Waals surface area contributed by atoms with Gasteiger partial charge in [0.1, 0.15) is 59.8 Å². The number of aliphatic hydroxyl groups is 8. The quantitative estimate of drug-likeness (QED) is 0.0546. The molecule has 8 heterocycles. The minimum Gasteiger partial charge on any atom is -0.394 e. The van der Waals surface area contributed by atoms with Crippen LogP contribution in [0.1, 0.15) is 183 Å². The predicted octanol–water partition coefficient (Wildman–Crippen LogP) is 6.67. The lowest BCUT2D eigenvalue weighted by atomic mass is 9.85. The zero-order valence-electron chi connectivity index (χ0n) is 72.0. The van der Waals surface area contributed by atoms with E-state index in [1.807, 2.05) is 108 Å². The maximum atomic E-state index is 12.4. The fourth-order valence-corrected chi connectivity index (χ4v) is 16.0. The summed E-state index contributed by atoms with van der Waals surface area (Å²) in [5.74, 6) is 0.770. The summed E-state index contributed by atoms with van der Waals surface area (Å²) in [6.45, 7) is 39.2. The molecule has 0 radical (unpaired) electrons. The number of rotatable bonds is 23. The van der Waals surface area contributed by atoms with E-state index >= 15 is 0 Å². The number of alkyl halides is 3. The number of ether oxygens (including phenoxy) is 16. The highest BCUT2D eigenvalue weighted by atomic mass is 32.2. The molecule has 114 heavy (non-hydrogen) atoms. The molecule has 1 aromatic carbocycles. The van der Waals surface area contributed by atoms with E-state index in [4.69, 9.17) is 102 Å². The molecule has 8 saturated heterocycles. The molecule has 672 valence electrons. The maximum Gasteiger partial charge on any atom is 0.485 e. The number of Topliss-reactive ketones (excluding diaryl/α,β-unsaturated/α-hetero) is 1. The second-order valence-electron chi connectivity index (χ2n) is 31.4. The van der Waals surface area contributed by atoms with Crippen LogP contribution in [0.3, 0.4) is 0 Å². The molecule has 8 fully saturated rings. The number of ketones is 1. The van der Waals surface area contributed by atoms with Crippen molar-refractivity contribution < 1.29 is 147 Å². The largest absolute Gasteiger partial charge is 0.485 e. The average Bonchev–Trinajstić information content (AvgIpc) is 1.62. The smallest absolute Gasteiger partial charge is 0.394 e. The average molecular weight is 1710 g/mol. The summed E-state index contributed by atoms with van der Waals surface area (Å²) in [5.41, 5.74) is -4.42. The van der Waals surface area contributed by atoms with Gasteiger partial charge in [0.2, 0.25) is 6.29 Å². The number of carbonyl (C=O) groups excluding carboxylic acids is 1. The lowest BCUT2D eigenvalue weighted by Crippen LogP contribution is -2.57. The summed E-state index contributed by atoms with van der Waals surface area (Å²) in [7, 11) is 5.13. The molecule has 0 spiro atoms. The molecule has 10 N–H and O–H groups in total. The Morgan fingerprint density at radius 2 is 0.868 bits per heavy atom. The van der Waals surface area contributed by atoms with Gasteiger partial charge in [-0.1, -0.05) is 113 Å². The Hall–Kier alpha value is -2.24. The SMILES string of the molecule is CC[C@H]1O[C@H](OC)C(=NS(=O)C(C)(C)C)[C@@H]1C.CC[C@H]1O[C@H](OC)C(=O)[C@@H]1C.CC[C@H]1O[C@H](OC)[C@H](O)[C@@H]1C.CC[C@H]1O[C@H](OC)[C@H](OCc2ccccc2)[C@@H]1C.CC[C@H]1O[C@H](OC)[C@](C)(NS(=O)C(C)(C)C)[C@@H]1C.CC[C@H]1O[C@H](OC)[C@](C)(NS(=O)C(F)(F)F)[C@@H]1C.CO[C@H]1O[C@H](CO)[C@@H](O)[C@H]1O.OC[C@H]1OC(O)[C@H](O)[C@@H]1O. The second kappa shape index (κ2) is 50.4. The van der Waals surface area contributed by atoms with Gasteiger partial charge in [0.15, 0.2) is 60.8 Å². The van der Waals surface area contributed by atoms with Crippen molar-refractivity contribution in [2.45, 2.75) is 345 Å². The van der Waals surface area contributed by atoms with Crippen LogP contribution in [0, 0.1) is 35.5 Å². The van der Waals surface area contributed by atoms with Crippen LogP contribution in [0.2, 0.25) is 0 Å². The monoisotopic (exact) mass is 1710 g/mol. The summed E-state index contributed by atoms with van der Waals surface area (Å²) in [6.07, 6.45) is -6.13. The van der Waals surface area contributed by atoms with E-state index in [1.54, 1.807) is 35.4 Å². The Morgan fingerprint density at radius 1 is 0.465 bits per heavy atom. The fourth-order valence-electron chi connectivity index (χ4n) is 13.5. The van der Waals surface area contributed by atoms with Crippen LogP contribution in [-0.2, 0) is 120 Å². The van der Waals surface area contributed by atoms with E-state index in [9.17, 15) is 35.7 Å². The summed E-state index contributed by atoms with van der Waals surface area (Å²) in [5, 5.41) is 71.4. The zero-order valence-corrected chi connectivity index (χ0v) is 74.4. The molecule has 8 aliphatic heterocycles. The van der Waals surface area contributed by atoms with Crippen LogP contribution in [0.15, 0.2) is 34.7 Å². The zero-order chi connectivity index (χ0) is 87.5. The van der Waals surface area contributed by atoms with Crippen LogP contribution in [0.4, 0.5) is 13.2 Å². The molecule has 0 bridgehead atoms. The van der Waals surface area contributed by atoms with Gasteiger partial charge in [-0.2, -0.15) is 17.6 Å². The molecule has 4 unspecified atom stereocenters. The van der Waals surface area contributed by atoms with E-state index in [1.165, 1.54) is 33.8 Å². The summed E-state index contributed by atoms with van der Waals surface area (Å²) >= 11 is 0. The van der Waals surface area contributed by atoms with Crippen molar-refractivity contribution in [2.75, 3.05) is 63.0 Å². The number of hydrogen-bond donors (Lipinski definition) is 10. The van der Waals surface area contributed by atoms with Gasteiger partial charge in [0.05, 0.1) is 93.7 Å². The molecule has 0 aliphatic carbocycles. The molecule has 33 atom stereocenters. The molecule has 9 rings (SSSR count). The highest BCUT2D eigenvalue weighted by Crippen LogP contribution is 2.41. The van der Waals surface area contributed by atoms with Crippen molar-refractivity contribution in [1.82, 2.24) is 9.44 Å². The van der Waals surface area contributed by atoms with E-state index in [2.05, 4.69) is 70.1 Å². The van der Waals surface area contributed by atoms with Crippen molar-refractivity contribution in [2.24, 2.45) is 39.9 Å². The molecule has 0 aromatic heterocycles. The maximum absolute atomic E-state index is 12.4. The Bertz CT molecular complexity index is 2830. The number of methoxy groups -OCH3 is 7. The van der Waals surface area contributed by atoms with Gasteiger partial charge in [0.25, 0.3) is 0 Å². The minimum atomic E-state index is -4.80. The Labute approximate surface area is 682 Å². The van der Waals surface area contributed by atoms with E-state index in [0.29, 0.717) is 18.9 Å².